The molecule has 0 aliphatic heterocycles. The molecule has 3 rings (SSSR count). The highest BCUT2D eigenvalue weighted by atomic mass is 16.6. The molecule has 0 radical (unpaired) electrons. The summed E-state index contributed by atoms with van der Waals surface area (Å²) in [5, 5.41) is 10.8. The first-order chi connectivity index (χ1) is 14.1. The maximum Gasteiger partial charge on any atom is 0.269 e. The Morgan fingerprint density at radius 2 is 1.45 bits per heavy atom. The van der Waals surface area contributed by atoms with Crippen molar-refractivity contribution < 1.29 is 9.72 Å². The lowest BCUT2D eigenvalue weighted by molar-refractivity contribution is -0.384. The normalized spacial score (nSPS) is 11.0. The maximum absolute atomic E-state index is 13.0. The third kappa shape index (κ3) is 4.96. The van der Waals surface area contributed by atoms with Crippen molar-refractivity contribution in [3.63, 3.8) is 0 Å². The van der Waals surface area contributed by atoms with Gasteiger partial charge in [0.25, 0.3) is 5.69 Å². The van der Waals surface area contributed by atoms with Crippen molar-refractivity contribution in [1.29, 1.82) is 0 Å². The SMILES string of the molecule is CCN(C(=O)/C=C/c1ccc([N+](=O)[O-])cc1)C(c1ccccc1)c1ccccc1. The number of amides is 1. The largest absolute Gasteiger partial charge is 0.328 e. The molecule has 5 nitrogen and oxygen atoms in total. The van der Waals surface area contributed by atoms with Crippen molar-refractivity contribution in [1.82, 2.24) is 4.90 Å². The van der Waals surface area contributed by atoms with E-state index < -0.39 is 4.92 Å². The summed E-state index contributed by atoms with van der Waals surface area (Å²) in [6, 6.07) is 25.8. The lowest BCUT2D eigenvalue weighted by Crippen LogP contribution is -2.34. The van der Waals surface area contributed by atoms with Crippen LogP contribution in [0.3, 0.4) is 0 Å². The highest BCUT2D eigenvalue weighted by Crippen LogP contribution is 2.29. The number of non-ortho nitro benzene ring substituents is 1. The Kier molecular flexibility index (Phi) is 6.53. The number of hydrogen-bond donors (Lipinski definition) is 0. The van der Waals surface area contributed by atoms with E-state index in [1.165, 1.54) is 18.2 Å². The summed E-state index contributed by atoms with van der Waals surface area (Å²) in [5.41, 5.74) is 2.84. The third-order valence-electron chi connectivity index (χ3n) is 4.69. The van der Waals surface area contributed by atoms with E-state index in [0.717, 1.165) is 16.7 Å². The molecule has 0 saturated carbocycles. The van der Waals surface area contributed by atoms with Crippen molar-refractivity contribution in [2.75, 3.05) is 6.54 Å². The zero-order valence-corrected chi connectivity index (χ0v) is 16.1. The Balaban J connectivity index is 1.88. The van der Waals surface area contributed by atoms with E-state index in [0.29, 0.717) is 6.54 Å². The molecule has 0 fully saturated rings. The average molecular weight is 386 g/mol. The summed E-state index contributed by atoms with van der Waals surface area (Å²) in [6.45, 7) is 2.49. The number of carbonyl (C=O) groups is 1. The van der Waals surface area contributed by atoms with Crippen LogP contribution >= 0.6 is 0 Å². The Bertz CT molecular complexity index is 944. The van der Waals surface area contributed by atoms with Gasteiger partial charge in [-0.1, -0.05) is 60.7 Å². The fraction of sp³-hybridized carbons (Fsp3) is 0.125. The number of benzene rings is 3. The summed E-state index contributed by atoms with van der Waals surface area (Å²) in [4.78, 5) is 25.2. The minimum Gasteiger partial charge on any atom is -0.328 e. The van der Waals surface area contributed by atoms with Crippen LogP contribution in [0.25, 0.3) is 6.08 Å². The van der Waals surface area contributed by atoms with Crippen LogP contribution in [0.2, 0.25) is 0 Å². The first-order valence-electron chi connectivity index (χ1n) is 9.43. The number of hydrogen-bond acceptors (Lipinski definition) is 3. The zero-order valence-electron chi connectivity index (χ0n) is 16.1. The Morgan fingerprint density at radius 3 is 1.90 bits per heavy atom. The van der Waals surface area contributed by atoms with E-state index in [1.54, 1.807) is 18.2 Å². The second-order valence-electron chi connectivity index (χ2n) is 6.53. The van der Waals surface area contributed by atoms with Gasteiger partial charge in [-0.2, -0.15) is 0 Å². The number of carbonyl (C=O) groups excluding carboxylic acids is 1. The van der Waals surface area contributed by atoms with E-state index in [1.807, 2.05) is 72.5 Å². The lowest BCUT2D eigenvalue weighted by Gasteiger charge is -2.31. The molecule has 0 heterocycles. The van der Waals surface area contributed by atoms with Crippen LogP contribution < -0.4 is 0 Å². The quantitative estimate of drug-likeness (QED) is 0.317. The Hall–Kier alpha value is -3.73. The average Bonchev–Trinajstić information content (AvgIpc) is 2.77. The molecule has 3 aromatic rings. The molecule has 3 aromatic carbocycles. The molecule has 0 saturated heterocycles. The van der Waals surface area contributed by atoms with Crippen LogP contribution in [0.4, 0.5) is 5.69 Å². The molecule has 0 bridgehead atoms. The summed E-state index contributed by atoms with van der Waals surface area (Å²) in [5.74, 6) is -0.122. The van der Waals surface area contributed by atoms with Gasteiger partial charge >= 0.3 is 0 Å². The summed E-state index contributed by atoms with van der Waals surface area (Å²) in [7, 11) is 0. The predicted molar refractivity (Wildman–Crippen MR) is 114 cm³/mol. The first-order valence-corrected chi connectivity index (χ1v) is 9.43. The predicted octanol–water partition coefficient (Wildman–Crippen LogP) is 5.25. The molecule has 29 heavy (non-hydrogen) atoms. The fourth-order valence-corrected chi connectivity index (χ4v) is 3.26. The van der Waals surface area contributed by atoms with E-state index in [-0.39, 0.29) is 17.6 Å². The van der Waals surface area contributed by atoms with Crippen molar-refractivity contribution in [2.45, 2.75) is 13.0 Å². The van der Waals surface area contributed by atoms with Crippen LogP contribution in [0.15, 0.2) is 91.0 Å². The van der Waals surface area contributed by atoms with E-state index in [4.69, 9.17) is 0 Å². The van der Waals surface area contributed by atoms with Crippen molar-refractivity contribution in [3.8, 4) is 0 Å². The minimum atomic E-state index is -0.443. The standard InChI is InChI=1S/C24H22N2O3/c1-2-25(23(27)18-15-19-13-16-22(17-14-19)26(28)29)24(20-9-5-3-6-10-20)21-11-7-4-8-12-21/h3-18,24H,2H2,1H3/b18-15+. The molecular weight excluding hydrogens is 364 g/mol. The molecule has 0 aliphatic rings. The molecule has 5 heteroatoms. The number of rotatable bonds is 7. The number of nitro benzene ring substituents is 1. The molecule has 0 N–H and O–H groups in total. The molecule has 0 aliphatic carbocycles. The zero-order chi connectivity index (χ0) is 20.6. The molecule has 0 atom stereocenters. The fourth-order valence-electron chi connectivity index (χ4n) is 3.26. The highest BCUT2D eigenvalue weighted by Gasteiger charge is 2.24. The van der Waals surface area contributed by atoms with Gasteiger partial charge in [0, 0.05) is 24.8 Å². The highest BCUT2D eigenvalue weighted by molar-refractivity contribution is 5.92. The Labute approximate surface area is 170 Å². The number of likely N-dealkylation sites (N-methyl/N-ethyl adjacent to an activating group) is 1. The molecule has 146 valence electrons. The molecule has 1 amide bonds. The van der Waals surface area contributed by atoms with E-state index in [2.05, 4.69) is 0 Å². The van der Waals surface area contributed by atoms with Gasteiger partial charge < -0.3 is 4.90 Å². The van der Waals surface area contributed by atoms with Crippen LogP contribution in [-0.2, 0) is 4.79 Å². The summed E-state index contributed by atoms with van der Waals surface area (Å²) in [6.07, 6.45) is 3.20. The van der Waals surface area contributed by atoms with Crippen molar-refractivity contribution in [2.24, 2.45) is 0 Å². The second-order valence-corrected chi connectivity index (χ2v) is 6.53. The molecule has 0 aromatic heterocycles. The summed E-state index contributed by atoms with van der Waals surface area (Å²) >= 11 is 0. The monoisotopic (exact) mass is 386 g/mol. The third-order valence-corrected chi connectivity index (χ3v) is 4.69. The smallest absolute Gasteiger partial charge is 0.269 e. The van der Waals surface area contributed by atoms with Crippen LogP contribution in [0.1, 0.15) is 29.7 Å². The van der Waals surface area contributed by atoms with E-state index >= 15 is 0 Å². The maximum atomic E-state index is 13.0. The van der Waals surface area contributed by atoms with Crippen LogP contribution in [0, 0.1) is 10.1 Å². The minimum absolute atomic E-state index is 0.0249. The van der Waals surface area contributed by atoms with Gasteiger partial charge in [-0.3, -0.25) is 14.9 Å². The van der Waals surface area contributed by atoms with Gasteiger partial charge in [-0.25, -0.2) is 0 Å². The lowest BCUT2D eigenvalue weighted by atomic mass is 9.97. The van der Waals surface area contributed by atoms with E-state index in [9.17, 15) is 14.9 Å². The molecule has 0 unspecified atom stereocenters. The van der Waals surface area contributed by atoms with Gasteiger partial charge in [-0.15, -0.1) is 0 Å². The Morgan fingerprint density at radius 1 is 0.931 bits per heavy atom. The van der Waals surface area contributed by atoms with Gasteiger partial charge in [0.1, 0.15) is 0 Å². The van der Waals surface area contributed by atoms with Crippen LogP contribution in [0.5, 0.6) is 0 Å². The van der Waals surface area contributed by atoms with Crippen molar-refractivity contribution >= 4 is 17.7 Å². The van der Waals surface area contributed by atoms with Crippen LogP contribution in [-0.4, -0.2) is 22.3 Å². The van der Waals surface area contributed by atoms with Gasteiger partial charge in [-0.05, 0) is 41.8 Å². The van der Waals surface area contributed by atoms with Gasteiger partial charge in [0.05, 0.1) is 11.0 Å². The first kappa shape index (κ1) is 20.0. The molecular formula is C24H22N2O3. The van der Waals surface area contributed by atoms with Gasteiger partial charge in [0.2, 0.25) is 5.91 Å². The van der Waals surface area contributed by atoms with Crippen molar-refractivity contribution in [3.05, 3.63) is 118 Å². The van der Waals surface area contributed by atoms with Gasteiger partial charge in [0.15, 0.2) is 0 Å². The number of nitrogens with zero attached hydrogens (tertiary/aromatic N) is 2. The summed E-state index contributed by atoms with van der Waals surface area (Å²) < 4.78 is 0. The second kappa shape index (κ2) is 9.46. The number of nitro groups is 1. The molecule has 0 spiro atoms. The topological polar surface area (TPSA) is 63.5 Å².